The molecule has 2 rings (SSSR count). The number of nitro benzene ring substituents is 1. The number of carbonyl (C=O) groups excluding carboxylic acids is 1. The molecule has 0 radical (unpaired) electrons. The molecule has 6 nitrogen and oxygen atoms in total. The molecule has 0 saturated heterocycles. The highest BCUT2D eigenvalue weighted by atomic mass is 32.1. The fourth-order valence-electron chi connectivity index (χ4n) is 1.72. The Hall–Kier alpha value is -2.41. The van der Waals surface area contributed by atoms with Gasteiger partial charge in [-0.05, 0) is 40.9 Å². The van der Waals surface area contributed by atoms with Crippen molar-refractivity contribution in [3.05, 3.63) is 56.3 Å². The van der Waals surface area contributed by atoms with Gasteiger partial charge in [-0.3, -0.25) is 14.9 Å². The second-order valence-electron chi connectivity index (χ2n) is 4.17. The predicted octanol–water partition coefficient (Wildman–Crippen LogP) is 2.21. The minimum atomic E-state index is -0.576. The molecule has 7 heteroatoms. The molecule has 0 fully saturated rings. The summed E-state index contributed by atoms with van der Waals surface area (Å²) in [5.41, 5.74) is 6.82. The summed E-state index contributed by atoms with van der Waals surface area (Å²) >= 11 is 1.61. The van der Waals surface area contributed by atoms with Crippen molar-refractivity contribution >= 4 is 28.6 Å². The van der Waals surface area contributed by atoms with Crippen LogP contribution in [0.4, 0.5) is 11.4 Å². The molecule has 1 aromatic heterocycles. The molecule has 0 bridgehead atoms. The van der Waals surface area contributed by atoms with E-state index in [2.05, 4.69) is 5.32 Å². The Balaban J connectivity index is 1.95. The number of nitrogens with one attached hydrogen (secondary N) is 1. The van der Waals surface area contributed by atoms with Crippen LogP contribution < -0.4 is 11.1 Å². The Labute approximate surface area is 119 Å². The first-order chi connectivity index (χ1) is 9.58. The first-order valence-electron chi connectivity index (χ1n) is 5.91. The lowest BCUT2D eigenvalue weighted by Gasteiger charge is -2.05. The monoisotopic (exact) mass is 291 g/mol. The Morgan fingerprint density at radius 3 is 2.80 bits per heavy atom. The highest BCUT2D eigenvalue weighted by Crippen LogP contribution is 2.21. The van der Waals surface area contributed by atoms with Crippen LogP contribution in [0.2, 0.25) is 0 Å². The van der Waals surface area contributed by atoms with Gasteiger partial charge in [0.2, 0.25) is 0 Å². The van der Waals surface area contributed by atoms with E-state index >= 15 is 0 Å². The molecule has 0 spiro atoms. The molecule has 20 heavy (non-hydrogen) atoms. The molecule has 0 aliphatic heterocycles. The van der Waals surface area contributed by atoms with Crippen molar-refractivity contribution in [1.82, 2.24) is 5.32 Å². The third-order valence-electron chi connectivity index (χ3n) is 2.77. The summed E-state index contributed by atoms with van der Waals surface area (Å²) in [6.45, 7) is 0.506. The fourth-order valence-corrected chi connectivity index (χ4v) is 2.42. The van der Waals surface area contributed by atoms with Gasteiger partial charge >= 0.3 is 0 Å². The van der Waals surface area contributed by atoms with Crippen LogP contribution in [-0.2, 0) is 6.42 Å². The van der Waals surface area contributed by atoms with E-state index in [0.717, 1.165) is 6.42 Å². The van der Waals surface area contributed by atoms with Crippen LogP contribution in [0.5, 0.6) is 0 Å². The van der Waals surface area contributed by atoms with Gasteiger partial charge in [0, 0.05) is 18.2 Å². The van der Waals surface area contributed by atoms with Gasteiger partial charge in [0.05, 0.1) is 4.92 Å². The van der Waals surface area contributed by atoms with Gasteiger partial charge < -0.3 is 11.1 Å². The number of nitro groups is 1. The first-order valence-corrected chi connectivity index (χ1v) is 6.85. The molecule has 1 heterocycles. The van der Waals surface area contributed by atoms with Crippen LogP contribution in [0.1, 0.15) is 15.9 Å². The number of nitrogen functional groups attached to an aromatic ring is 1. The van der Waals surface area contributed by atoms with Gasteiger partial charge in [-0.1, -0.05) is 0 Å². The van der Waals surface area contributed by atoms with Gasteiger partial charge in [0.15, 0.2) is 0 Å². The highest BCUT2D eigenvalue weighted by Gasteiger charge is 2.14. The maximum Gasteiger partial charge on any atom is 0.292 e. The SMILES string of the molecule is Nc1cc(C(=O)NCCc2ccsc2)ccc1[N+](=O)[O-]. The van der Waals surface area contributed by atoms with E-state index in [1.165, 1.54) is 23.8 Å². The van der Waals surface area contributed by atoms with E-state index in [1.54, 1.807) is 11.3 Å². The second-order valence-corrected chi connectivity index (χ2v) is 4.95. The average molecular weight is 291 g/mol. The highest BCUT2D eigenvalue weighted by molar-refractivity contribution is 7.07. The molecule has 0 aliphatic carbocycles. The normalized spacial score (nSPS) is 10.2. The maximum atomic E-state index is 11.9. The van der Waals surface area contributed by atoms with Crippen LogP contribution in [-0.4, -0.2) is 17.4 Å². The third kappa shape index (κ3) is 3.33. The Morgan fingerprint density at radius 1 is 1.40 bits per heavy atom. The first kappa shape index (κ1) is 14.0. The summed E-state index contributed by atoms with van der Waals surface area (Å²) in [5.74, 6) is -0.290. The van der Waals surface area contributed by atoms with E-state index in [4.69, 9.17) is 5.73 Å². The summed E-state index contributed by atoms with van der Waals surface area (Å²) in [7, 11) is 0. The summed E-state index contributed by atoms with van der Waals surface area (Å²) in [5, 5.41) is 17.4. The zero-order valence-corrected chi connectivity index (χ0v) is 11.4. The lowest BCUT2D eigenvalue weighted by atomic mass is 10.1. The van der Waals surface area contributed by atoms with Crippen molar-refractivity contribution in [3.8, 4) is 0 Å². The number of anilines is 1. The summed E-state index contributed by atoms with van der Waals surface area (Å²) in [6, 6.07) is 5.95. The molecule has 0 atom stereocenters. The summed E-state index contributed by atoms with van der Waals surface area (Å²) < 4.78 is 0. The smallest absolute Gasteiger partial charge is 0.292 e. The van der Waals surface area contributed by atoms with Gasteiger partial charge in [-0.15, -0.1) is 0 Å². The molecular formula is C13H13N3O3S. The van der Waals surface area contributed by atoms with Crippen molar-refractivity contribution in [2.24, 2.45) is 0 Å². The van der Waals surface area contributed by atoms with E-state index in [9.17, 15) is 14.9 Å². The molecule has 3 N–H and O–H groups in total. The van der Waals surface area contributed by atoms with Gasteiger partial charge in [0.25, 0.3) is 11.6 Å². The molecule has 1 amide bonds. The van der Waals surface area contributed by atoms with Gasteiger partial charge in [-0.25, -0.2) is 0 Å². The van der Waals surface area contributed by atoms with Crippen molar-refractivity contribution < 1.29 is 9.72 Å². The van der Waals surface area contributed by atoms with Crippen molar-refractivity contribution in [3.63, 3.8) is 0 Å². The number of hydrogen-bond donors (Lipinski definition) is 2. The lowest BCUT2D eigenvalue weighted by Crippen LogP contribution is -2.25. The molecule has 2 aromatic rings. The van der Waals surface area contributed by atoms with Crippen LogP contribution in [0.3, 0.4) is 0 Å². The molecular weight excluding hydrogens is 278 g/mol. The minimum Gasteiger partial charge on any atom is -0.393 e. The fraction of sp³-hybridized carbons (Fsp3) is 0.154. The van der Waals surface area contributed by atoms with Crippen LogP contribution in [0, 0.1) is 10.1 Å². The number of nitrogens with zero attached hydrogens (tertiary/aromatic N) is 1. The summed E-state index contributed by atoms with van der Waals surface area (Å²) in [6.07, 6.45) is 0.748. The van der Waals surface area contributed by atoms with Crippen LogP contribution >= 0.6 is 11.3 Å². The number of benzene rings is 1. The molecule has 0 aliphatic rings. The van der Waals surface area contributed by atoms with E-state index in [-0.39, 0.29) is 17.3 Å². The minimum absolute atomic E-state index is 0.0134. The Morgan fingerprint density at radius 2 is 2.20 bits per heavy atom. The van der Waals surface area contributed by atoms with Crippen molar-refractivity contribution in [2.75, 3.05) is 12.3 Å². The number of nitrogens with two attached hydrogens (primary N) is 1. The standard InChI is InChI=1S/C13H13N3O3S/c14-11-7-10(1-2-12(11)16(18)19)13(17)15-5-3-9-4-6-20-8-9/h1-2,4,6-8H,3,5,14H2,(H,15,17). The van der Waals surface area contributed by atoms with Gasteiger partial charge in [-0.2, -0.15) is 11.3 Å². The number of hydrogen-bond acceptors (Lipinski definition) is 5. The van der Waals surface area contributed by atoms with Crippen LogP contribution in [0.15, 0.2) is 35.0 Å². The largest absolute Gasteiger partial charge is 0.393 e. The lowest BCUT2D eigenvalue weighted by molar-refractivity contribution is -0.383. The molecule has 104 valence electrons. The topological polar surface area (TPSA) is 98.3 Å². The Bertz CT molecular complexity index is 626. The van der Waals surface area contributed by atoms with E-state index < -0.39 is 4.92 Å². The van der Waals surface area contributed by atoms with Crippen molar-refractivity contribution in [2.45, 2.75) is 6.42 Å². The molecule has 0 unspecified atom stereocenters. The third-order valence-corrected chi connectivity index (χ3v) is 3.50. The summed E-state index contributed by atoms with van der Waals surface area (Å²) in [4.78, 5) is 21.9. The van der Waals surface area contributed by atoms with E-state index in [0.29, 0.717) is 12.1 Å². The maximum absolute atomic E-state index is 11.9. The number of amides is 1. The zero-order chi connectivity index (χ0) is 14.5. The predicted molar refractivity (Wildman–Crippen MR) is 77.9 cm³/mol. The van der Waals surface area contributed by atoms with Crippen molar-refractivity contribution in [1.29, 1.82) is 0 Å². The molecule has 0 saturated carbocycles. The quantitative estimate of drug-likeness (QED) is 0.501. The van der Waals surface area contributed by atoms with Gasteiger partial charge in [0.1, 0.15) is 5.69 Å². The number of carbonyl (C=O) groups is 1. The van der Waals surface area contributed by atoms with Crippen LogP contribution in [0.25, 0.3) is 0 Å². The average Bonchev–Trinajstić information content (AvgIpc) is 2.91. The molecule has 1 aromatic carbocycles. The number of rotatable bonds is 5. The Kier molecular flexibility index (Phi) is 4.31. The zero-order valence-electron chi connectivity index (χ0n) is 10.5. The number of thiophene rings is 1. The second kappa shape index (κ2) is 6.16. The van der Waals surface area contributed by atoms with E-state index in [1.807, 2.05) is 16.8 Å².